The maximum absolute atomic E-state index is 4.43. The first-order valence-electron chi connectivity index (χ1n) is 10.1. The molecule has 146 valence electrons. The summed E-state index contributed by atoms with van der Waals surface area (Å²) in [4.78, 5) is 9.76. The first-order valence-corrected chi connectivity index (χ1v) is 10.1. The van der Waals surface area contributed by atoms with Gasteiger partial charge in [-0.15, -0.1) is 24.0 Å². The zero-order valence-corrected chi connectivity index (χ0v) is 18.7. The predicted molar refractivity (Wildman–Crippen MR) is 117 cm³/mol. The van der Waals surface area contributed by atoms with Crippen LogP contribution >= 0.6 is 24.0 Å². The summed E-state index contributed by atoms with van der Waals surface area (Å²) in [6, 6.07) is 2.88. The number of hydrogen-bond donors (Lipinski definition) is 2. The van der Waals surface area contributed by atoms with Gasteiger partial charge in [0.1, 0.15) is 0 Å². The SMILES string of the molecule is CN=C(NCCN(C(C)C)C1CC1)NC1CCN(C2CCCC2)C1.I. The van der Waals surface area contributed by atoms with Gasteiger partial charge in [-0.05, 0) is 46.0 Å². The van der Waals surface area contributed by atoms with Crippen LogP contribution in [0.1, 0.15) is 58.8 Å². The summed E-state index contributed by atoms with van der Waals surface area (Å²) in [5.41, 5.74) is 0. The molecule has 1 aliphatic heterocycles. The van der Waals surface area contributed by atoms with Gasteiger partial charge in [0.2, 0.25) is 0 Å². The van der Waals surface area contributed by atoms with Crippen LogP contribution in [0.5, 0.6) is 0 Å². The van der Waals surface area contributed by atoms with Gasteiger partial charge in [-0.2, -0.15) is 0 Å². The molecule has 0 spiro atoms. The molecule has 2 saturated carbocycles. The lowest BCUT2D eigenvalue weighted by molar-refractivity contribution is 0.215. The number of hydrogen-bond acceptors (Lipinski definition) is 3. The Morgan fingerprint density at radius 2 is 1.88 bits per heavy atom. The van der Waals surface area contributed by atoms with Crippen molar-refractivity contribution >= 4 is 29.9 Å². The highest BCUT2D eigenvalue weighted by Gasteiger charge is 2.31. The van der Waals surface area contributed by atoms with E-state index in [2.05, 4.69) is 39.3 Å². The van der Waals surface area contributed by atoms with Crippen molar-refractivity contribution in [3.63, 3.8) is 0 Å². The zero-order valence-electron chi connectivity index (χ0n) is 16.3. The van der Waals surface area contributed by atoms with Crippen LogP contribution in [0.2, 0.25) is 0 Å². The standard InChI is InChI=1S/C19H37N5.HI/c1-15(2)24(18-8-9-18)13-11-21-19(20-3)22-16-10-12-23(14-16)17-6-4-5-7-17;/h15-18H,4-14H2,1-3H3,(H2,20,21,22);1H. The maximum atomic E-state index is 4.43. The molecule has 0 amide bonds. The lowest BCUT2D eigenvalue weighted by Crippen LogP contribution is -2.47. The largest absolute Gasteiger partial charge is 0.355 e. The zero-order chi connectivity index (χ0) is 16.9. The predicted octanol–water partition coefficient (Wildman–Crippen LogP) is 2.66. The minimum absolute atomic E-state index is 0. The first kappa shape index (κ1) is 21.2. The monoisotopic (exact) mass is 463 g/mol. The van der Waals surface area contributed by atoms with Gasteiger partial charge in [-0.25, -0.2) is 0 Å². The fourth-order valence-corrected chi connectivity index (χ4v) is 4.47. The maximum Gasteiger partial charge on any atom is 0.191 e. The van der Waals surface area contributed by atoms with Gasteiger partial charge in [-0.1, -0.05) is 12.8 Å². The van der Waals surface area contributed by atoms with Crippen molar-refractivity contribution in [1.29, 1.82) is 0 Å². The van der Waals surface area contributed by atoms with Crippen molar-refractivity contribution in [2.75, 3.05) is 33.2 Å². The van der Waals surface area contributed by atoms with Gasteiger partial charge in [-0.3, -0.25) is 14.8 Å². The Kier molecular flexibility index (Phi) is 8.75. The van der Waals surface area contributed by atoms with E-state index < -0.39 is 0 Å². The molecule has 2 N–H and O–H groups in total. The first-order chi connectivity index (χ1) is 11.7. The van der Waals surface area contributed by atoms with Crippen molar-refractivity contribution in [2.45, 2.75) is 83.0 Å². The van der Waals surface area contributed by atoms with Gasteiger partial charge in [0.15, 0.2) is 5.96 Å². The Bertz CT molecular complexity index is 416. The van der Waals surface area contributed by atoms with Crippen molar-refractivity contribution in [1.82, 2.24) is 20.4 Å². The summed E-state index contributed by atoms with van der Waals surface area (Å²) in [5.74, 6) is 0.979. The quantitative estimate of drug-likeness (QED) is 0.346. The number of nitrogens with one attached hydrogen (secondary N) is 2. The summed E-state index contributed by atoms with van der Waals surface area (Å²) < 4.78 is 0. The molecule has 0 aromatic carbocycles. The molecule has 1 unspecified atom stereocenters. The number of likely N-dealkylation sites (tertiary alicyclic amines) is 1. The Labute approximate surface area is 171 Å². The van der Waals surface area contributed by atoms with Crippen molar-refractivity contribution < 1.29 is 0 Å². The van der Waals surface area contributed by atoms with Crippen molar-refractivity contribution in [3.05, 3.63) is 0 Å². The van der Waals surface area contributed by atoms with Gasteiger partial charge >= 0.3 is 0 Å². The average molecular weight is 463 g/mol. The second kappa shape index (κ2) is 10.3. The van der Waals surface area contributed by atoms with Gasteiger partial charge < -0.3 is 10.6 Å². The fraction of sp³-hybridized carbons (Fsp3) is 0.947. The van der Waals surface area contributed by atoms with Crippen LogP contribution in [-0.2, 0) is 0 Å². The van der Waals surface area contributed by atoms with Crippen LogP contribution in [0, 0.1) is 0 Å². The summed E-state index contributed by atoms with van der Waals surface area (Å²) in [5, 5.41) is 7.17. The van der Waals surface area contributed by atoms with Crippen LogP contribution in [0.4, 0.5) is 0 Å². The molecule has 0 radical (unpaired) electrons. The highest BCUT2D eigenvalue weighted by molar-refractivity contribution is 14.0. The smallest absolute Gasteiger partial charge is 0.191 e. The van der Waals surface area contributed by atoms with Crippen LogP contribution in [-0.4, -0.2) is 73.2 Å². The lowest BCUT2D eigenvalue weighted by Gasteiger charge is -2.27. The van der Waals surface area contributed by atoms with Gasteiger partial charge in [0.25, 0.3) is 0 Å². The van der Waals surface area contributed by atoms with E-state index in [9.17, 15) is 0 Å². The van der Waals surface area contributed by atoms with Gasteiger partial charge in [0, 0.05) is 57.4 Å². The number of nitrogens with zero attached hydrogens (tertiary/aromatic N) is 3. The Hall–Kier alpha value is -0.0800. The fourth-order valence-electron chi connectivity index (χ4n) is 4.47. The van der Waals surface area contributed by atoms with E-state index in [0.29, 0.717) is 12.1 Å². The molecule has 3 rings (SSSR count). The minimum atomic E-state index is 0. The van der Waals surface area contributed by atoms with Crippen molar-refractivity contribution in [2.24, 2.45) is 4.99 Å². The Morgan fingerprint density at radius 3 is 2.48 bits per heavy atom. The van der Waals surface area contributed by atoms with Crippen LogP contribution in [0.25, 0.3) is 0 Å². The summed E-state index contributed by atoms with van der Waals surface area (Å²) in [7, 11) is 1.89. The molecule has 1 heterocycles. The second-order valence-corrected chi connectivity index (χ2v) is 8.12. The summed E-state index contributed by atoms with van der Waals surface area (Å²) in [6.45, 7) is 9.14. The average Bonchev–Trinajstić information content (AvgIpc) is 3.07. The molecule has 6 heteroatoms. The molecule has 5 nitrogen and oxygen atoms in total. The van der Waals surface area contributed by atoms with E-state index in [1.807, 2.05) is 7.05 Å². The molecule has 2 aliphatic carbocycles. The normalized spacial score (nSPS) is 25.6. The third-order valence-corrected chi connectivity index (χ3v) is 5.97. The molecule has 0 aromatic heterocycles. The van der Waals surface area contributed by atoms with Crippen LogP contribution in [0.3, 0.4) is 0 Å². The van der Waals surface area contributed by atoms with E-state index in [1.165, 1.54) is 58.0 Å². The topological polar surface area (TPSA) is 42.9 Å². The Morgan fingerprint density at radius 1 is 1.16 bits per heavy atom. The number of halogens is 1. The van der Waals surface area contributed by atoms with E-state index in [4.69, 9.17) is 0 Å². The minimum Gasteiger partial charge on any atom is -0.355 e. The molecule has 1 saturated heterocycles. The highest BCUT2D eigenvalue weighted by Crippen LogP contribution is 2.28. The number of rotatable bonds is 7. The van der Waals surface area contributed by atoms with E-state index >= 15 is 0 Å². The molecule has 3 fully saturated rings. The number of aliphatic imine (C=N–C) groups is 1. The van der Waals surface area contributed by atoms with E-state index in [0.717, 1.165) is 31.1 Å². The lowest BCUT2D eigenvalue weighted by atomic mass is 10.2. The summed E-state index contributed by atoms with van der Waals surface area (Å²) >= 11 is 0. The summed E-state index contributed by atoms with van der Waals surface area (Å²) in [6.07, 6.45) is 9.68. The Balaban J connectivity index is 0.00000225. The van der Waals surface area contributed by atoms with E-state index in [-0.39, 0.29) is 24.0 Å². The molecule has 1 atom stereocenters. The number of guanidine groups is 1. The molecule has 3 aliphatic rings. The third kappa shape index (κ3) is 6.24. The third-order valence-electron chi connectivity index (χ3n) is 5.97. The van der Waals surface area contributed by atoms with Crippen LogP contribution in [0.15, 0.2) is 4.99 Å². The van der Waals surface area contributed by atoms with Gasteiger partial charge in [0.05, 0.1) is 0 Å². The van der Waals surface area contributed by atoms with Crippen molar-refractivity contribution in [3.8, 4) is 0 Å². The molecule has 0 bridgehead atoms. The highest BCUT2D eigenvalue weighted by atomic mass is 127. The molecular weight excluding hydrogens is 425 g/mol. The molecular formula is C19H38IN5. The van der Waals surface area contributed by atoms with Crippen LogP contribution < -0.4 is 10.6 Å². The second-order valence-electron chi connectivity index (χ2n) is 8.12. The van der Waals surface area contributed by atoms with E-state index in [1.54, 1.807) is 0 Å². The molecule has 25 heavy (non-hydrogen) atoms. The molecule has 0 aromatic rings.